The van der Waals surface area contributed by atoms with Crippen LogP contribution in [0.15, 0.2) is 144 Å². The number of hydrogen-bond acceptors (Lipinski definition) is 1. The number of furan rings is 1. The first-order valence-electron chi connectivity index (χ1n) is 12.9. The van der Waals surface area contributed by atoms with Crippen LogP contribution >= 0.6 is 0 Å². The van der Waals surface area contributed by atoms with Crippen LogP contribution < -0.4 is 0 Å². The van der Waals surface area contributed by atoms with E-state index in [1.807, 2.05) is 18.2 Å². The SMILES string of the molecule is c1ccc2c(c1)oc1cccc(-c3ccc(-c4ccc(-n5c6ccccc6c6ccccc65)cc4)cc3)c12. The molecule has 178 valence electrons. The smallest absolute Gasteiger partial charge is 0.136 e. The summed E-state index contributed by atoms with van der Waals surface area (Å²) in [6.45, 7) is 0. The van der Waals surface area contributed by atoms with Crippen molar-refractivity contribution >= 4 is 43.7 Å². The van der Waals surface area contributed by atoms with Gasteiger partial charge in [0.2, 0.25) is 0 Å². The van der Waals surface area contributed by atoms with Crippen LogP contribution in [-0.4, -0.2) is 4.57 Å². The first kappa shape index (κ1) is 21.0. The predicted octanol–water partition coefficient (Wildman–Crippen LogP) is 10.0. The van der Waals surface area contributed by atoms with Gasteiger partial charge in [0.15, 0.2) is 0 Å². The number of fused-ring (bicyclic) bond motifs is 6. The van der Waals surface area contributed by atoms with Crippen molar-refractivity contribution in [1.29, 1.82) is 0 Å². The van der Waals surface area contributed by atoms with E-state index < -0.39 is 0 Å². The lowest BCUT2D eigenvalue weighted by Gasteiger charge is -2.10. The van der Waals surface area contributed by atoms with Crippen LogP contribution in [0.5, 0.6) is 0 Å². The molecule has 0 saturated heterocycles. The summed E-state index contributed by atoms with van der Waals surface area (Å²) in [7, 11) is 0. The molecule has 0 unspecified atom stereocenters. The third-order valence-electron chi connectivity index (χ3n) is 7.64. The summed E-state index contributed by atoms with van der Waals surface area (Å²) in [6.07, 6.45) is 0. The summed E-state index contributed by atoms with van der Waals surface area (Å²) in [5.41, 5.74) is 10.3. The number of nitrogens with zero attached hydrogens (tertiary/aromatic N) is 1. The first-order chi connectivity index (χ1) is 18.8. The molecule has 0 spiro atoms. The zero-order valence-corrected chi connectivity index (χ0v) is 20.6. The Morgan fingerprint density at radius 2 is 0.921 bits per heavy atom. The summed E-state index contributed by atoms with van der Waals surface area (Å²) >= 11 is 0. The van der Waals surface area contributed by atoms with Crippen molar-refractivity contribution in [2.75, 3.05) is 0 Å². The maximum atomic E-state index is 6.10. The number of aromatic nitrogens is 1. The number of rotatable bonds is 3. The van der Waals surface area contributed by atoms with Crippen LogP contribution in [0, 0.1) is 0 Å². The van der Waals surface area contributed by atoms with Crippen LogP contribution in [0.1, 0.15) is 0 Å². The molecule has 0 bridgehead atoms. The molecule has 6 aromatic carbocycles. The molecule has 8 rings (SSSR count). The highest BCUT2D eigenvalue weighted by Crippen LogP contribution is 2.37. The lowest BCUT2D eigenvalue weighted by molar-refractivity contribution is 0.669. The number of hydrogen-bond donors (Lipinski definition) is 0. The van der Waals surface area contributed by atoms with E-state index in [1.165, 1.54) is 55.1 Å². The Hall–Kier alpha value is -5.08. The normalized spacial score (nSPS) is 11.7. The minimum atomic E-state index is 0.924. The second-order valence-corrected chi connectivity index (χ2v) is 9.77. The molecule has 2 heteroatoms. The quantitative estimate of drug-likeness (QED) is 0.243. The second kappa shape index (κ2) is 8.22. The van der Waals surface area contributed by atoms with E-state index >= 15 is 0 Å². The van der Waals surface area contributed by atoms with Crippen molar-refractivity contribution in [3.63, 3.8) is 0 Å². The lowest BCUT2D eigenvalue weighted by atomic mass is 9.97. The molecule has 2 aromatic heterocycles. The van der Waals surface area contributed by atoms with Gasteiger partial charge in [0.05, 0.1) is 11.0 Å². The first-order valence-corrected chi connectivity index (χ1v) is 12.9. The molecule has 0 N–H and O–H groups in total. The highest BCUT2D eigenvalue weighted by Gasteiger charge is 2.13. The van der Waals surface area contributed by atoms with Gasteiger partial charge in [-0.25, -0.2) is 0 Å². The minimum Gasteiger partial charge on any atom is -0.456 e. The molecular weight excluding hydrogens is 462 g/mol. The Balaban J connectivity index is 1.18. The summed E-state index contributed by atoms with van der Waals surface area (Å²) in [5, 5.41) is 4.89. The van der Waals surface area contributed by atoms with E-state index in [2.05, 4.69) is 126 Å². The Bertz CT molecular complexity index is 2060. The Morgan fingerprint density at radius 1 is 0.395 bits per heavy atom. The molecule has 0 fully saturated rings. The van der Waals surface area contributed by atoms with Crippen molar-refractivity contribution in [3.8, 4) is 27.9 Å². The van der Waals surface area contributed by atoms with E-state index in [1.54, 1.807) is 0 Å². The van der Waals surface area contributed by atoms with Gasteiger partial charge < -0.3 is 8.98 Å². The molecular formula is C36H23NO. The zero-order chi connectivity index (χ0) is 25.1. The van der Waals surface area contributed by atoms with Gasteiger partial charge >= 0.3 is 0 Å². The van der Waals surface area contributed by atoms with Gasteiger partial charge in [-0.15, -0.1) is 0 Å². The molecule has 0 radical (unpaired) electrons. The van der Waals surface area contributed by atoms with Crippen molar-refractivity contribution in [3.05, 3.63) is 140 Å². The number of benzene rings is 6. The van der Waals surface area contributed by atoms with E-state index in [9.17, 15) is 0 Å². The van der Waals surface area contributed by atoms with Crippen LogP contribution in [-0.2, 0) is 0 Å². The average molecular weight is 486 g/mol. The maximum absolute atomic E-state index is 6.10. The second-order valence-electron chi connectivity index (χ2n) is 9.77. The molecule has 0 aliphatic heterocycles. The lowest BCUT2D eigenvalue weighted by Crippen LogP contribution is -1.93. The van der Waals surface area contributed by atoms with Gasteiger partial charge in [-0.3, -0.25) is 0 Å². The minimum absolute atomic E-state index is 0.924. The third kappa shape index (κ3) is 3.14. The molecule has 8 aromatic rings. The van der Waals surface area contributed by atoms with Crippen molar-refractivity contribution in [2.24, 2.45) is 0 Å². The van der Waals surface area contributed by atoms with Gasteiger partial charge in [0.25, 0.3) is 0 Å². The van der Waals surface area contributed by atoms with Crippen molar-refractivity contribution in [2.45, 2.75) is 0 Å². The molecule has 2 heterocycles. The van der Waals surface area contributed by atoms with Gasteiger partial charge in [0, 0.05) is 27.2 Å². The molecule has 0 amide bonds. The summed E-state index contributed by atoms with van der Waals surface area (Å²) in [6, 6.07) is 49.6. The highest BCUT2D eigenvalue weighted by molar-refractivity contribution is 6.12. The standard InChI is InChI=1S/C36H23NO/c1-4-12-32-29(8-1)30-9-2-5-13-33(30)37(32)27-22-20-25(21-23-27)24-16-18-26(19-17-24)28-11-7-15-35-36(28)31-10-3-6-14-34(31)38-35/h1-23H. The Morgan fingerprint density at radius 3 is 1.61 bits per heavy atom. The predicted molar refractivity (Wildman–Crippen MR) is 159 cm³/mol. The van der Waals surface area contributed by atoms with Crippen molar-refractivity contribution in [1.82, 2.24) is 4.57 Å². The fraction of sp³-hybridized carbons (Fsp3) is 0. The largest absolute Gasteiger partial charge is 0.456 e. The number of para-hydroxylation sites is 3. The summed E-state index contributed by atoms with van der Waals surface area (Å²) < 4.78 is 8.46. The Labute approximate surface area is 220 Å². The zero-order valence-electron chi connectivity index (χ0n) is 20.6. The fourth-order valence-corrected chi connectivity index (χ4v) is 5.86. The molecule has 0 aliphatic carbocycles. The average Bonchev–Trinajstić information content (AvgIpc) is 3.53. The maximum Gasteiger partial charge on any atom is 0.136 e. The van der Waals surface area contributed by atoms with Crippen LogP contribution in [0.2, 0.25) is 0 Å². The molecule has 0 saturated carbocycles. The fourth-order valence-electron chi connectivity index (χ4n) is 5.86. The van der Waals surface area contributed by atoms with Gasteiger partial charge in [-0.2, -0.15) is 0 Å². The topological polar surface area (TPSA) is 18.1 Å². The summed E-state index contributed by atoms with van der Waals surface area (Å²) in [5.74, 6) is 0. The highest BCUT2D eigenvalue weighted by atomic mass is 16.3. The molecule has 2 nitrogen and oxygen atoms in total. The van der Waals surface area contributed by atoms with Crippen LogP contribution in [0.4, 0.5) is 0 Å². The monoisotopic (exact) mass is 485 g/mol. The van der Waals surface area contributed by atoms with E-state index in [0.29, 0.717) is 0 Å². The van der Waals surface area contributed by atoms with Gasteiger partial charge in [-0.05, 0) is 58.7 Å². The van der Waals surface area contributed by atoms with Crippen molar-refractivity contribution < 1.29 is 4.42 Å². The Kier molecular flexibility index (Phi) is 4.55. The van der Waals surface area contributed by atoms with Gasteiger partial charge in [-0.1, -0.05) is 103 Å². The molecule has 38 heavy (non-hydrogen) atoms. The van der Waals surface area contributed by atoms with Crippen LogP contribution in [0.3, 0.4) is 0 Å². The summed E-state index contributed by atoms with van der Waals surface area (Å²) in [4.78, 5) is 0. The van der Waals surface area contributed by atoms with E-state index in [0.717, 1.165) is 16.6 Å². The van der Waals surface area contributed by atoms with E-state index in [-0.39, 0.29) is 0 Å². The molecule has 0 aliphatic rings. The van der Waals surface area contributed by atoms with Gasteiger partial charge in [0.1, 0.15) is 11.2 Å². The third-order valence-corrected chi connectivity index (χ3v) is 7.64. The van der Waals surface area contributed by atoms with E-state index in [4.69, 9.17) is 4.42 Å². The van der Waals surface area contributed by atoms with Crippen LogP contribution in [0.25, 0.3) is 71.7 Å². The molecule has 0 atom stereocenters.